The Morgan fingerprint density at radius 1 is 1.29 bits per heavy atom. The second-order valence-electron chi connectivity index (χ2n) is 4.45. The van der Waals surface area contributed by atoms with E-state index >= 15 is 0 Å². The highest BCUT2D eigenvalue weighted by Crippen LogP contribution is 2.26. The lowest BCUT2D eigenvalue weighted by Gasteiger charge is -2.13. The molecule has 1 aromatic carbocycles. The fraction of sp³-hybridized carbons (Fsp3) is 0.214. The molecule has 2 N–H and O–H groups in total. The van der Waals surface area contributed by atoms with Gasteiger partial charge in [-0.25, -0.2) is 13.4 Å². The van der Waals surface area contributed by atoms with Gasteiger partial charge in [-0.2, -0.15) is 0 Å². The molecule has 0 amide bonds. The molecule has 0 radical (unpaired) electrons. The third-order valence-electron chi connectivity index (χ3n) is 2.84. The maximum atomic E-state index is 12.6. The van der Waals surface area contributed by atoms with Crippen molar-refractivity contribution in [1.29, 1.82) is 0 Å². The first-order valence-electron chi connectivity index (χ1n) is 6.42. The first kappa shape index (κ1) is 15.8. The van der Waals surface area contributed by atoms with Gasteiger partial charge in [-0.15, -0.1) is 0 Å². The Balaban J connectivity index is 2.44. The Morgan fingerprint density at radius 3 is 2.67 bits per heavy atom. The van der Waals surface area contributed by atoms with Crippen LogP contribution < -0.4 is 10.0 Å². The molecule has 0 bridgehead atoms. The van der Waals surface area contributed by atoms with Crippen molar-refractivity contribution in [3.63, 3.8) is 0 Å². The van der Waals surface area contributed by atoms with Crippen molar-refractivity contribution in [2.75, 3.05) is 16.6 Å². The molecule has 0 spiro atoms. The van der Waals surface area contributed by atoms with Gasteiger partial charge in [0.15, 0.2) is 0 Å². The van der Waals surface area contributed by atoms with Gasteiger partial charge in [0.25, 0.3) is 10.0 Å². The summed E-state index contributed by atoms with van der Waals surface area (Å²) in [5.74, 6) is 0.335. The number of nitrogens with zero attached hydrogens (tertiary/aromatic N) is 1. The molecular weight excluding hydrogens is 354 g/mol. The van der Waals surface area contributed by atoms with Crippen molar-refractivity contribution < 1.29 is 8.42 Å². The lowest BCUT2D eigenvalue weighted by molar-refractivity contribution is 0.601. The maximum absolute atomic E-state index is 12.6. The van der Waals surface area contributed by atoms with Crippen LogP contribution in [0, 0.1) is 6.92 Å². The number of anilines is 2. The van der Waals surface area contributed by atoms with Gasteiger partial charge in [0.1, 0.15) is 10.7 Å². The molecule has 0 aliphatic heterocycles. The van der Waals surface area contributed by atoms with E-state index in [9.17, 15) is 8.42 Å². The molecule has 0 fully saturated rings. The summed E-state index contributed by atoms with van der Waals surface area (Å²) >= 11 is 3.26. The standard InChI is InChI=1S/C14H16BrN3O2S/c1-3-16-14-13(8-11(15)9-17-14)21(19,20)18-12-7-5-4-6-10(12)2/h4-9,18H,3H2,1-2H3,(H,16,17). The third kappa shape index (κ3) is 3.74. The van der Waals surface area contributed by atoms with Gasteiger partial charge in [-0.05, 0) is 47.5 Å². The maximum Gasteiger partial charge on any atom is 0.265 e. The van der Waals surface area contributed by atoms with Crippen LogP contribution in [0.5, 0.6) is 0 Å². The SMILES string of the molecule is CCNc1ncc(Br)cc1S(=O)(=O)Nc1ccccc1C. The summed E-state index contributed by atoms with van der Waals surface area (Å²) in [4.78, 5) is 4.23. The predicted molar refractivity (Wildman–Crippen MR) is 88.1 cm³/mol. The van der Waals surface area contributed by atoms with Crippen LogP contribution in [0.25, 0.3) is 0 Å². The van der Waals surface area contributed by atoms with Crippen LogP contribution in [-0.4, -0.2) is 19.9 Å². The van der Waals surface area contributed by atoms with Gasteiger partial charge < -0.3 is 5.32 Å². The average molecular weight is 370 g/mol. The van der Waals surface area contributed by atoms with E-state index in [0.717, 1.165) is 5.56 Å². The molecular formula is C14H16BrN3O2S. The van der Waals surface area contributed by atoms with Crippen molar-refractivity contribution in [3.05, 3.63) is 46.6 Å². The van der Waals surface area contributed by atoms with Gasteiger partial charge in [0, 0.05) is 17.2 Å². The first-order valence-corrected chi connectivity index (χ1v) is 8.69. The highest BCUT2D eigenvalue weighted by molar-refractivity contribution is 9.10. The van der Waals surface area contributed by atoms with Gasteiger partial charge in [-0.3, -0.25) is 4.72 Å². The summed E-state index contributed by atoms with van der Waals surface area (Å²) in [7, 11) is -3.72. The highest BCUT2D eigenvalue weighted by atomic mass is 79.9. The van der Waals surface area contributed by atoms with E-state index in [2.05, 4.69) is 31.0 Å². The van der Waals surface area contributed by atoms with Crippen LogP contribution in [-0.2, 0) is 10.0 Å². The first-order chi connectivity index (χ1) is 9.94. The van der Waals surface area contributed by atoms with Gasteiger partial charge in [0.2, 0.25) is 0 Å². The lowest BCUT2D eigenvalue weighted by atomic mass is 10.2. The molecule has 0 unspecified atom stereocenters. The number of rotatable bonds is 5. The number of hydrogen-bond donors (Lipinski definition) is 2. The number of hydrogen-bond acceptors (Lipinski definition) is 4. The van der Waals surface area contributed by atoms with E-state index in [1.807, 2.05) is 26.0 Å². The zero-order chi connectivity index (χ0) is 15.5. The largest absolute Gasteiger partial charge is 0.369 e. The van der Waals surface area contributed by atoms with Crippen molar-refractivity contribution >= 4 is 37.5 Å². The van der Waals surface area contributed by atoms with E-state index in [1.165, 1.54) is 6.07 Å². The number of para-hydroxylation sites is 1. The Kier molecular flexibility index (Phi) is 4.84. The lowest BCUT2D eigenvalue weighted by Crippen LogP contribution is -2.17. The Bertz CT molecular complexity index is 748. The Morgan fingerprint density at radius 2 is 2.00 bits per heavy atom. The molecule has 0 aliphatic carbocycles. The molecule has 2 rings (SSSR count). The molecule has 1 aromatic heterocycles. The Labute approximate surface area is 133 Å². The minimum atomic E-state index is -3.72. The topological polar surface area (TPSA) is 71.1 Å². The molecule has 112 valence electrons. The molecule has 21 heavy (non-hydrogen) atoms. The number of halogens is 1. The fourth-order valence-corrected chi connectivity index (χ4v) is 3.59. The van der Waals surface area contributed by atoms with Gasteiger partial charge >= 0.3 is 0 Å². The summed E-state index contributed by atoms with van der Waals surface area (Å²) in [6.07, 6.45) is 1.56. The second-order valence-corrected chi connectivity index (χ2v) is 7.02. The molecule has 0 saturated heterocycles. The van der Waals surface area contributed by atoms with E-state index < -0.39 is 10.0 Å². The average Bonchev–Trinajstić information content (AvgIpc) is 2.43. The molecule has 0 atom stereocenters. The van der Waals surface area contributed by atoms with Crippen LogP contribution >= 0.6 is 15.9 Å². The fourth-order valence-electron chi connectivity index (χ4n) is 1.81. The van der Waals surface area contributed by atoms with Crippen LogP contribution in [0.15, 0.2) is 45.9 Å². The van der Waals surface area contributed by atoms with Gasteiger partial charge in [-0.1, -0.05) is 18.2 Å². The summed E-state index contributed by atoms with van der Waals surface area (Å²) in [5, 5.41) is 2.96. The van der Waals surface area contributed by atoms with Crippen molar-refractivity contribution in [1.82, 2.24) is 4.98 Å². The summed E-state index contributed by atoms with van der Waals surface area (Å²) in [6, 6.07) is 8.76. The molecule has 7 heteroatoms. The normalized spacial score (nSPS) is 11.2. The number of pyridine rings is 1. The number of benzene rings is 1. The minimum absolute atomic E-state index is 0.113. The van der Waals surface area contributed by atoms with Crippen LogP contribution in [0.2, 0.25) is 0 Å². The number of nitrogens with one attached hydrogen (secondary N) is 2. The number of aromatic nitrogens is 1. The molecule has 5 nitrogen and oxygen atoms in total. The highest BCUT2D eigenvalue weighted by Gasteiger charge is 2.20. The molecule has 0 saturated carbocycles. The van der Waals surface area contributed by atoms with Gasteiger partial charge in [0.05, 0.1) is 5.69 Å². The van der Waals surface area contributed by atoms with E-state index in [-0.39, 0.29) is 4.90 Å². The Hall–Kier alpha value is -1.60. The minimum Gasteiger partial charge on any atom is -0.369 e. The quantitative estimate of drug-likeness (QED) is 0.847. The molecule has 2 aromatic rings. The summed E-state index contributed by atoms with van der Waals surface area (Å²) in [6.45, 7) is 4.32. The van der Waals surface area contributed by atoms with Crippen LogP contribution in [0.1, 0.15) is 12.5 Å². The molecule has 1 heterocycles. The number of sulfonamides is 1. The summed E-state index contributed by atoms with van der Waals surface area (Å²) in [5.41, 5.74) is 1.41. The smallest absolute Gasteiger partial charge is 0.265 e. The van der Waals surface area contributed by atoms with E-state index in [1.54, 1.807) is 18.3 Å². The van der Waals surface area contributed by atoms with E-state index in [0.29, 0.717) is 22.5 Å². The monoisotopic (exact) mass is 369 g/mol. The zero-order valence-electron chi connectivity index (χ0n) is 11.7. The third-order valence-corrected chi connectivity index (χ3v) is 4.66. The van der Waals surface area contributed by atoms with Crippen molar-refractivity contribution in [3.8, 4) is 0 Å². The summed E-state index contributed by atoms with van der Waals surface area (Å²) < 4.78 is 28.4. The zero-order valence-corrected chi connectivity index (χ0v) is 14.1. The van der Waals surface area contributed by atoms with Crippen LogP contribution in [0.3, 0.4) is 0 Å². The predicted octanol–water partition coefficient (Wildman–Crippen LogP) is 3.39. The van der Waals surface area contributed by atoms with E-state index in [4.69, 9.17) is 0 Å². The van der Waals surface area contributed by atoms with Crippen LogP contribution in [0.4, 0.5) is 11.5 Å². The van der Waals surface area contributed by atoms with Crippen molar-refractivity contribution in [2.24, 2.45) is 0 Å². The molecule has 0 aliphatic rings. The van der Waals surface area contributed by atoms with Crippen molar-refractivity contribution in [2.45, 2.75) is 18.7 Å². The second kappa shape index (κ2) is 6.44. The number of aryl methyl sites for hydroxylation is 1.